The van der Waals surface area contributed by atoms with Crippen molar-refractivity contribution >= 4 is 17.6 Å². The molecule has 0 saturated carbocycles. The lowest BCUT2D eigenvalue weighted by Gasteiger charge is -2.31. The Morgan fingerprint density at radius 2 is 1.96 bits per heavy atom. The van der Waals surface area contributed by atoms with Gasteiger partial charge < -0.3 is 15.7 Å². The summed E-state index contributed by atoms with van der Waals surface area (Å²) in [6, 6.07) is 11.0. The third kappa shape index (κ3) is 3.08. The normalized spacial score (nSPS) is 17.5. The molecule has 2 aromatic rings. The van der Waals surface area contributed by atoms with Crippen LogP contribution in [0, 0.1) is 5.92 Å². The first-order valence-electron chi connectivity index (χ1n) is 7.90. The number of nitrogens with two attached hydrogens (primary N) is 1. The first kappa shape index (κ1) is 16.0. The van der Waals surface area contributed by atoms with Gasteiger partial charge in [0, 0.05) is 24.8 Å². The van der Waals surface area contributed by atoms with Gasteiger partial charge in [-0.1, -0.05) is 30.3 Å². The Hall–Kier alpha value is -2.89. The van der Waals surface area contributed by atoms with Crippen LogP contribution in [-0.2, 0) is 4.79 Å². The van der Waals surface area contributed by atoms with Crippen molar-refractivity contribution < 1.29 is 14.7 Å². The zero-order valence-corrected chi connectivity index (χ0v) is 13.2. The predicted octanol–water partition coefficient (Wildman–Crippen LogP) is 2.27. The number of piperidine rings is 1. The molecular weight excluding hydrogens is 306 g/mol. The summed E-state index contributed by atoms with van der Waals surface area (Å²) in [5.41, 5.74) is 8.29. The fourth-order valence-electron chi connectivity index (χ4n) is 3.02. The summed E-state index contributed by atoms with van der Waals surface area (Å²) in [6.45, 7) is 0.766. The Balaban J connectivity index is 1.89. The van der Waals surface area contributed by atoms with Crippen molar-refractivity contribution in [2.75, 3.05) is 18.8 Å². The van der Waals surface area contributed by atoms with Crippen molar-refractivity contribution in [2.24, 2.45) is 5.92 Å². The van der Waals surface area contributed by atoms with Gasteiger partial charge in [0.15, 0.2) is 0 Å². The Bertz CT molecular complexity index is 761. The number of carboxylic acid groups (broad SMARTS) is 1. The molecule has 1 aliphatic heterocycles. The van der Waals surface area contributed by atoms with Crippen LogP contribution in [0.2, 0.25) is 0 Å². The molecule has 0 bridgehead atoms. The number of amides is 1. The minimum Gasteiger partial charge on any atom is -0.481 e. The second-order valence-electron chi connectivity index (χ2n) is 5.92. The highest BCUT2D eigenvalue weighted by atomic mass is 16.4. The number of aliphatic carboxylic acids is 1. The van der Waals surface area contributed by atoms with Crippen LogP contribution in [-0.4, -0.2) is 40.0 Å². The lowest BCUT2D eigenvalue weighted by atomic mass is 9.97. The molecule has 1 unspecified atom stereocenters. The monoisotopic (exact) mass is 325 g/mol. The molecule has 1 aromatic heterocycles. The maximum absolute atomic E-state index is 12.8. The number of aromatic nitrogens is 1. The summed E-state index contributed by atoms with van der Waals surface area (Å²) in [4.78, 5) is 29.9. The minimum atomic E-state index is -0.861. The van der Waals surface area contributed by atoms with Crippen LogP contribution in [0.1, 0.15) is 23.2 Å². The molecule has 3 rings (SSSR count). The lowest BCUT2D eigenvalue weighted by molar-refractivity contribution is -0.143. The fourth-order valence-corrected chi connectivity index (χ4v) is 3.02. The van der Waals surface area contributed by atoms with Crippen molar-refractivity contribution in [2.45, 2.75) is 12.8 Å². The van der Waals surface area contributed by atoms with E-state index in [1.807, 2.05) is 30.3 Å². The molecule has 6 nitrogen and oxygen atoms in total. The van der Waals surface area contributed by atoms with Gasteiger partial charge in [-0.2, -0.15) is 0 Å². The van der Waals surface area contributed by atoms with E-state index in [9.17, 15) is 14.7 Å². The highest BCUT2D eigenvalue weighted by Gasteiger charge is 2.29. The third-order valence-corrected chi connectivity index (χ3v) is 4.33. The topological polar surface area (TPSA) is 96.5 Å². The summed E-state index contributed by atoms with van der Waals surface area (Å²) >= 11 is 0. The summed E-state index contributed by atoms with van der Waals surface area (Å²) in [5, 5.41) is 9.18. The smallest absolute Gasteiger partial charge is 0.308 e. The van der Waals surface area contributed by atoms with Gasteiger partial charge in [0.05, 0.1) is 22.9 Å². The molecule has 1 fully saturated rings. The van der Waals surface area contributed by atoms with Gasteiger partial charge in [-0.15, -0.1) is 0 Å². The van der Waals surface area contributed by atoms with E-state index >= 15 is 0 Å². The number of hydrogen-bond acceptors (Lipinski definition) is 4. The molecule has 24 heavy (non-hydrogen) atoms. The molecule has 3 N–H and O–H groups in total. The maximum atomic E-state index is 12.8. The van der Waals surface area contributed by atoms with Gasteiger partial charge in [-0.25, -0.2) is 0 Å². The van der Waals surface area contributed by atoms with Gasteiger partial charge in [-0.05, 0) is 18.9 Å². The van der Waals surface area contributed by atoms with Crippen LogP contribution in [0.3, 0.4) is 0 Å². The van der Waals surface area contributed by atoms with E-state index in [1.54, 1.807) is 17.2 Å². The number of benzene rings is 1. The number of nitrogen functional groups attached to an aromatic ring is 1. The van der Waals surface area contributed by atoms with Crippen molar-refractivity contribution in [3.63, 3.8) is 0 Å². The Kier molecular flexibility index (Phi) is 4.46. The number of anilines is 1. The van der Waals surface area contributed by atoms with E-state index in [0.717, 1.165) is 5.56 Å². The van der Waals surface area contributed by atoms with Crippen LogP contribution in [0.15, 0.2) is 42.6 Å². The Labute approximate surface area is 139 Å². The quantitative estimate of drug-likeness (QED) is 0.902. The van der Waals surface area contributed by atoms with Gasteiger partial charge in [0.1, 0.15) is 0 Å². The molecule has 124 valence electrons. The van der Waals surface area contributed by atoms with Crippen LogP contribution < -0.4 is 5.73 Å². The first-order valence-corrected chi connectivity index (χ1v) is 7.90. The molecule has 0 radical (unpaired) electrons. The molecular formula is C18H19N3O3. The van der Waals surface area contributed by atoms with Crippen LogP contribution in [0.5, 0.6) is 0 Å². The molecule has 6 heteroatoms. The second kappa shape index (κ2) is 6.70. The molecule has 1 saturated heterocycles. The van der Waals surface area contributed by atoms with Crippen LogP contribution >= 0.6 is 0 Å². The van der Waals surface area contributed by atoms with Crippen molar-refractivity contribution in [3.05, 3.63) is 48.2 Å². The molecule has 1 amide bonds. The van der Waals surface area contributed by atoms with E-state index in [4.69, 9.17) is 5.73 Å². The fraction of sp³-hybridized carbons (Fsp3) is 0.278. The number of pyridine rings is 1. The van der Waals surface area contributed by atoms with Crippen molar-refractivity contribution in [1.82, 2.24) is 9.88 Å². The Morgan fingerprint density at radius 1 is 1.21 bits per heavy atom. The van der Waals surface area contributed by atoms with Crippen LogP contribution in [0.25, 0.3) is 11.3 Å². The van der Waals surface area contributed by atoms with E-state index in [2.05, 4.69) is 4.98 Å². The van der Waals surface area contributed by atoms with E-state index in [0.29, 0.717) is 36.3 Å². The van der Waals surface area contributed by atoms with Crippen molar-refractivity contribution in [1.29, 1.82) is 0 Å². The van der Waals surface area contributed by atoms with E-state index in [-0.39, 0.29) is 12.5 Å². The molecule has 1 aromatic carbocycles. The number of nitrogens with zero attached hydrogens (tertiary/aromatic N) is 2. The number of carbonyl (C=O) groups excluding carboxylic acids is 1. The van der Waals surface area contributed by atoms with Gasteiger partial charge >= 0.3 is 5.97 Å². The standard InChI is InChI=1S/C18H19N3O3/c19-15-14(8-9-20-16(15)12-5-2-1-3-6-12)17(22)21-10-4-7-13(11-21)18(23)24/h1-3,5-6,8-9,13H,4,7,10-11,19H2,(H,23,24). The largest absolute Gasteiger partial charge is 0.481 e. The molecule has 1 atom stereocenters. The van der Waals surface area contributed by atoms with Crippen molar-refractivity contribution in [3.8, 4) is 11.3 Å². The maximum Gasteiger partial charge on any atom is 0.308 e. The number of hydrogen-bond donors (Lipinski definition) is 2. The summed E-state index contributed by atoms with van der Waals surface area (Å²) in [6.07, 6.45) is 2.84. The SMILES string of the molecule is Nc1c(C(=O)N2CCCC(C(=O)O)C2)ccnc1-c1ccccc1. The summed E-state index contributed by atoms with van der Waals surface area (Å²) in [5.74, 6) is -1.61. The minimum absolute atomic E-state index is 0.219. The second-order valence-corrected chi connectivity index (χ2v) is 5.92. The predicted molar refractivity (Wildman–Crippen MR) is 90.3 cm³/mol. The first-order chi connectivity index (χ1) is 11.6. The van der Waals surface area contributed by atoms with Gasteiger partial charge in [-0.3, -0.25) is 14.6 Å². The summed E-state index contributed by atoms with van der Waals surface area (Å²) in [7, 11) is 0. The van der Waals surface area contributed by atoms with Gasteiger partial charge in [0.2, 0.25) is 0 Å². The lowest BCUT2D eigenvalue weighted by Crippen LogP contribution is -2.42. The van der Waals surface area contributed by atoms with E-state index in [1.165, 1.54) is 0 Å². The average Bonchev–Trinajstić information content (AvgIpc) is 2.62. The average molecular weight is 325 g/mol. The van der Waals surface area contributed by atoms with Crippen LogP contribution in [0.4, 0.5) is 5.69 Å². The number of carboxylic acids is 1. The highest BCUT2D eigenvalue weighted by Crippen LogP contribution is 2.28. The highest BCUT2D eigenvalue weighted by molar-refractivity contribution is 6.02. The zero-order chi connectivity index (χ0) is 17.1. The Morgan fingerprint density at radius 3 is 2.67 bits per heavy atom. The third-order valence-electron chi connectivity index (χ3n) is 4.33. The zero-order valence-electron chi connectivity index (χ0n) is 13.2. The molecule has 1 aliphatic rings. The molecule has 2 heterocycles. The number of rotatable bonds is 3. The molecule has 0 spiro atoms. The number of carbonyl (C=O) groups is 2. The van der Waals surface area contributed by atoms with E-state index < -0.39 is 11.9 Å². The summed E-state index contributed by atoms with van der Waals surface area (Å²) < 4.78 is 0. The van der Waals surface area contributed by atoms with Gasteiger partial charge in [0.25, 0.3) is 5.91 Å². The molecule has 0 aliphatic carbocycles. The number of likely N-dealkylation sites (tertiary alicyclic amines) is 1.